The van der Waals surface area contributed by atoms with E-state index in [1.807, 2.05) is 35.0 Å². The normalized spacial score (nSPS) is 10.8. The van der Waals surface area contributed by atoms with Crippen LogP contribution in [-0.4, -0.2) is 40.3 Å². The fraction of sp³-hybridized carbons (Fsp3) is 0.231. The van der Waals surface area contributed by atoms with Gasteiger partial charge in [0, 0.05) is 37.2 Å². The summed E-state index contributed by atoms with van der Waals surface area (Å²) >= 11 is 7.36. The Hall–Kier alpha value is -1.50. The molecule has 0 aliphatic rings. The number of hydrogen-bond donors (Lipinski definition) is 1. The summed E-state index contributed by atoms with van der Waals surface area (Å²) in [7, 11) is 3.55. The first-order chi connectivity index (χ1) is 9.56. The quantitative estimate of drug-likeness (QED) is 0.679. The number of benzene rings is 1. The van der Waals surface area contributed by atoms with E-state index in [4.69, 9.17) is 11.6 Å². The summed E-state index contributed by atoms with van der Waals surface area (Å²) in [5.74, 6) is 0.233. The molecule has 0 fully saturated rings. The number of thioether (sulfide) groups is 1. The molecule has 0 saturated heterocycles. The number of hydrogen-bond acceptors (Lipinski definition) is 4. The smallest absolute Gasteiger partial charge is 0.244 e. The van der Waals surface area contributed by atoms with Crippen LogP contribution in [0.25, 0.3) is 5.69 Å². The Labute approximate surface area is 126 Å². The number of carbonyl (C=O) groups is 1. The highest BCUT2D eigenvalue weighted by Gasteiger charge is 2.09. The van der Waals surface area contributed by atoms with Crippen molar-refractivity contribution in [3.05, 3.63) is 41.7 Å². The van der Waals surface area contributed by atoms with Crippen LogP contribution in [-0.2, 0) is 4.79 Å². The van der Waals surface area contributed by atoms with Gasteiger partial charge in [0.15, 0.2) is 5.16 Å². The summed E-state index contributed by atoms with van der Waals surface area (Å²) in [6.07, 6.45) is 3.55. The number of imidazole rings is 1. The molecule has 0 radical (unpaired) electrons. The standard InChI is InChI=1S/C13H15ClN4OS/c1-17(2)16-12(19)9-20-13-15-6-7-18(13)11-5-3-4-10(14)8-11/h3-8H,9H2,1-2H3,(H,16,19). The predicted octanol–water partition coefficient (Wildman–Crippen LogP) is 2.21. The average Bonchev–Trinajstić information content (AvgIpc) is 2.84. The number of rotatable bonds is 5. The van der Waals surface area contributed by atoms with E-state index in [9.17, 15) is 4.79 Å². The molecule has 0 spiro atoms. The molecule has 0 aliphatic carbocycles. The molecular formula is C13H15ClN4OS. The monoisotopic (exact) mass is 310 g/mol. The van der Waals surface area contributed by atoms with Gasteiger partial charge in [-0.05, 0) is 18.2 Å². The van der Waals surface area contributed by atoms with Gasteiger partial charge in [0.1, 0.15) is 0 Å². The minimum absolute atomic E-state index is 0.0688. The van der Waals surface area contributed by atoms with Crippen LogP contribution in [0.4, 0.5) is 0 Å². The maximum absolute atomic E-state index is 11.6. The Morgan fingerprint density at radius 3 is 3.00 bits per heavy atom. The zero-order chi connectivity index (χ0) is 14.5. The van der Waals surface area contributed by atoms with E-state index in [1.165, 1.54) is 11.8 Å². The Bertz CT molecular complexity index is 600. The van der Waals surface area contributed by atoms with Crippen molar-refractivity contribution in [2.24, 2.45) is 0 Å². The molecule has 1 aromatic heterocycles. The predicted molar refractivity (Wildman–Crippen MR) is 81.1 cm³/mol. The number of aromatic nitrogens is 2. The van der Waals surface area contributed by atoms with E-state index < -0.39 is 0 Å². The van der Waals surface area contributed by atoms with Gasteiger partial charge in [-0.2, -0.15) is 0 Å². The molecule has 1 N–H and O–H groups in total. The molecule has 1 heterocycles. The van der Waals surface area contributed by atoms with Crippen LogP contribution in [0, 0.1) is 0 Å². The van der Waals surface area contributed by atoms with Crippen LogP contribution in [0.15, 0.2) is 41.8 Å². The number of nitrogens with one attached hydrogen (secondary N) is 1. The highest BCUT2D eigenvalue weighted by molar-refractivity contribution is 7.99. The molecule has 2 rings (SSSR count). The van der Waals surface area contributed by atoms with Crippen molar-refractivity contribution in [1.82, 2.24) is 20.0 Å². The lowest BCUT2D eigenvalue weighted by Crippen LogP contribution is -2.37. The minimum atomic E-state index is -0.0688. The van der Waals surface area contributed by atoms with Gasteiger partial charge in [-0.25, -0.2) is 9.99 Å². The summed E-state index contributed by atoms with van der Waals surface area (Å²) in [6, 6.07) is 7.49. The zero-order valence-corrected chi connectivity index (χ0v) is 12.8. The minimum Gasteiger partial charge on any atom is -0.295 e. The average molecular weight is 311 g/mol. The van der Waals surface area contributed by atoms with E-state index in [0.29, 0.717) is 10.8 Å². The van der Waals surface area contributed by atoms with Crippen molar-refractivity contribution >= 4 is 29.3 Å². The lowest BCUT2D eigenvalue weighted by Gasteiger charge is -2.12. The third kappa shape index (κ3) is 4.00. The molecule has 1 amide bonds. The van der Waals surface area contributed by atoms with Gasteiger partial charge in [0.05, 0.1) is 5.75 Å². The van der Waals surface area contributed by atoms with Crippen LogP contribution < -0.4 is 5.43 Å². The Kier molecular flexibility index (Phi) is 5.05. The molecule has 106 valence electrons. The van der Waals surface area contributed by atoms with Gasteiger partial charge in [-0.15, -0.1) is 0 Å². The van der Waals surface area contributed by atoms with Gasteiger partial charge in [-0.3, -0.25) is 14.8 Å². The lowest BCUT2D eigenvalue weighted by atomic mass is 10.3. The molecule has 0 atom stereocenters. The first kappa shape index (κ1) is 14.9. The molecule has 0 bridgehead atoms. The molecule has 20 heavy (non-hydrogen) atoms. The Balaban J connectivity index is 2.08. The largest absolute Gasteiger partial charge is 0.295 e. The molecule has 1 aromatic carbocycles. The molecule has 2 aromatic rings. The highest BCUT2D eigenvalue weighted by atomic mass is 35.5. The molecular weight excluding hydrogens is 296 g/mol. The number of halogens is 1. The van der Waals surface area contributed by atoms with Crippen molar-refractivity contribution in [2.45, 2.75) is 5.16 Å². The molecule has 5 nitrogen and oxygen atoms in total. The first-order valence-corrected chi connectivity index (χ1v) is 7.31. The van der Waals surface area contributed by atoms with Crippen LogP contribution >= 0.6 is 23.4 Å². The Morgan fingerprint density at radius 1 is 1.50 bits per heavy atom. The van der Waals surface area contributed by atoms with E-state index in [2.05, 4.69) is 10.4 Å². The fourth-order valence-corrected chi connectivity index (χ4v) is 2.58. The third-order valence-corrected chi connectivity index (χ3v) is 3.58. The number of nitrogens with zero attached hydrogens (tertiary/aromatic N) is 3. The third-order valence-electron chi connectivity index (χ3n) is 2.37. The number of amides is 1. The summed E-state index contributed by atoms with van der Waals surface area (Å²) in [4.78, 5) is 15.9. The van der Waals surface area contributed by atoms with Crippen molar-refractivity contribution in [3.8, 4) is 5.69 Å². The Morgan fingerprint density at radius 2 is 2.30 bits per heavy atom. The van der Waals surface area contributed by atoms with Crippen LogP contribution in [0.3, 0.4) is 0 Å². The lowest BCUT2D eigenvalue weighted by molar-refractivity contribution is -0.122. The van der Waals surface area contributed by atoms with Gasteiger partial charge in [-0.1, -0.05) is 29.4 Å². The molecule has 0 unspecified atom stereocenters. The SMILES string of the molecule is CN(C)NC(=O)CSc1nccn1-c1cccc(Cl)c1. The first-order valence-electron chi connectivity index (χ1n) is 5.95. The summed E-state index contributed by atoms with van der Waals surface area (Å²) in [5.41, 5.74) is 3.61. The summed E-state index contributed by atoms with van der Waals surface area (Å²) < 4.78 is 1.90. The van der Waals surface area contributed by atoms with Crippen LogP contribution in [0.2, 0.25) is 5.02 Å². The maximum atomic E-state index is 11.6. The van der Waals surface area contributed by atoms with Crippen LogP contribution in [0.5, 0.6) is 0 Å². The second-order valence-corrected chi connectivity index (χ2v) is 5.66. The highest BCUT2D eigenvalue weighted by Crippen LogP contribution is 2.22. The van der Waals surface area contributed by atoms with E-state index in [-0.39, 0.29) is 5.91 Å². The summed E-state index contributed by atoms with van der Waals surface area (Å²) in [5, 5.41) is 3.03. The van der Waals surface area contributed by atoms with Gasteiger partial charge >= 0.3 is 0 Å². The van der Waals surface area contributed by atoms with E-state index in [1.54, 1.807) is 25.3 Å². The molecule has 0 saturated carbocycles. The fourth-order valence-electron chi connectivity index (χ4n) is 1.63. The van der Waals surface area contributed by atoms with Crippen molar-refractivity contribution in [2.75, 3.05) is 19.8 Å². The van der Waals surface area contributed by atoms with E-state index in [0.717, 1.165) is 10.8 Å². The zero-order valence-electron chi connectivity index (χ0n) is 11.2. The van der Waals surface area contributed by atoms with Gasteiger partial charge < -0.3 is 0 Å². The van der Waals surface area contributed by atoms with Gasteiger partial charge in [0.25, 0.3) is 0 Å². The van der Waals surface area contributed by atoms with Crippen molar-refractivity contribution < 1.29 is 4.79 Å². The second kappa shape index (κ2) is 6.78. The maximum Gasteiger partial charge on any atom is 0.244 e. The molecule has 7 heteroatoms. The number of hydrazine groups is 1. The van der Waals surface area contributed by atoms with Crippen molar-refractivity contribution in [1.29, 1.82) is 0 Å². The molecule has 0 aliphatic heterocycles. The second-order valence-electron chi connectivity index (χ2n) is 4.28. The number of carbonyl (C=O) groups excluding carboxylic acids is 1. The van der Waals surface area contributed by atoms with Gasteiger partial charge in [0.2, 0.25) is 5.91 Å². The topological polar surface area (TPSA) is 50.2 Å². The van der Waals surface area contributed by atoms with E-state index >= 15 is 0 Å². The summed E-state index contributed by atoms with van der Waals surface area (Å²) in [6.45, 7) is 0. The van der Waals surface area contributed by atoms with Crippen LogP contribution in [0.1, 0.15) is 0 Å². The van der Waals surface area contributed by atoms with Crippen molar-refractivity contribution in [3.63, 3.8) is 0 Å².